The zero-order valence-corrected chi connectivity index (χ0v) is 15.5. The van der Waals surface area contributed by atoms with E-state index in [0.29, 0.717) is 22.2 Å². The fourth-order valence-electron chi connectivity index (χ4n) is 2.04. The third-order valence-corrected chi connectivity index (χ3v) is 4.75. The standard InChI is InChI=1S/C17H18Cl2N2OS/c1-11-4-6-13(23-21(2)3)9-14(11)17(22)20-10-12-5-7-15(18)16(19)8-12/h4-9H,10H2,1-3H3,(H,20,22). The monoisotopic (exact) mass is 368 g/mol. The summed E-state index contributed by atoms with van der Waals surface area (Å²) in [5.41, 5.74) is 2.53. The van der Waals surface area contributed by atoms with Crippen LogP contribution in [0.2, 0.25) is 10.0 Å². The lowest BCUT2D eigenvalue weighted by Crippen LogP contribution is -2.23. The van der Waals surface area contributed by atoms with E-state index in [1.807, 2.05) is 49.6 Å². The average molecular weight is 369 g/mol. The number of carbonyl (C=O) groups excluding carboxylic acids is 1. The van der Waals surface area contributed by atoms with Crippen molar-refractivity contribution in [3.63, 3.8) is 0 Å². The fraction of sp³-hybridized carbons (Fsp3) is 0.235. The van der Waals surface area contributed by atoms with Crippen LogP contribution in [0, 0.1) is 6.92 Å². The Morgan fingerprint density at radius 1 is 1.13 bits per heavy atom. The third-order valence-electron chi connectivity index (χ3n) is 3.18. The van der Waals surface area contributed by atoms with Crippen molar-refractivity contribution in [2.75, 3.05) is 14.1 Å². The van der Waals surface area contributed by atoms with Crippen molar-refractivity contribution in [3.8, 4) is 0 Å². The maximum atomic E-state index is 12.4. The molecule has 0 aliphatic carbocycles. The predicted octanol–water partition coefficient (Wildman–Crippen LogP) is 4.80. The maximum Gasteiger partial charge on any atom is 0.251 e. The van der Waals surface area contributed by atoms with Gasteiger partial charge in [-0.05, 0) is 68.4 Å². The Kier molecular flexibility index (Phi) is 6.36. The summed E-state index contributed by atoms with van der Waals surface area (Å²) in [6, 6.07) is 11.2. The molecule has 2 aromatic rings. The Balaban J connectivity index is 2.09. The van der Waals surface area contributed by atoms with Crippen LogP contribution in [0.1, 0.15) is 21.5 Å². The number of amides is 1. The number of aryl methyl sites for hydroxylation is 1. The molecule has 23 heavy (non-hydrogen) atoms. The van der Waals surface area contributed by atoms with E-state index < -0.39 is 0 Å². The molecule has 0 saturated heterocycles. The third kappa shape index (κ3) is 5.15. The minimum Gasteiger partial charge on any atom is -0.348 e. The van der Waals surface area contributed by atoms with Gasteiger partial charge in [-0.1, -0.05) is 35.3 Å². The summed E-state index contributed by atoms with van der Waals surface area (Å²) < 4.78 is 1.99. The highest BCUT2D eigenvalue weighted by Crippen LogP contribution is 2.24. The molecule has 0 unspecified atom stereocenters. The highest BCUT2D eigenvalue weighted by Gasteiger charge is 2.11. The summed E-state index contributed by atoms with van der Waals surface area (Å²) in [6.07, 6.45) is 0. The van der Waals surface area contributed by atoms with Crippen LogP contribution >= 0.6 is 35.1 Å². The van der Waals surface area contributed by atoms with Crippen molar-refractivity contribution in [1.82, 2.24) is 9.62 Å². The van der Waals surface area contributed by atoms with Gasteiger partial charge < -0.3 is 5.32 Å². The molecule has 0 aromatic heterocycles. The van der Waals surface area contributed by atoms with Gasteiger partial charge in [0.2, 0.25) is 0 Å². The number of halogens is 2. The van der Waals surface area contributed by atoms with Crippen molar-refractivity contribution in [1.29, 1.82) is 0 Å². The quantitative estimate of drug-likeness (QED) is 0.769. The van der Waals surface area contributed by atoms with Gasteiger partial charge in [0.25, 0.3) is 5.91 Å². The van der Waals surface area contributed by atoms with Crippen LogP contribution in [0.25, 0.3) is 0 Å². The first-order valence-electron chi connectivity index (χ1n) is 7.05. The van der Waals surface area contributed by atoms with E-state index in [9.17, 15) is 4.79 Å². The SMILES string of the molecule is Cc1ccc(SN(C)C)cc1C(=O)NCc1ccc(Cl)c(Cl)c1. The minimum absolute atomic E-state index is 0.102. The molecule has 0 aliphatic rings. The van der Waals surface area contributed by atoms with Gasteiger partial charge in [0.15, 0.2) is 0 Å². The lowest BCUT2D eigenvalue weighted by atomic mass is 10.1. The Bertz CT molecular complexity index is 720. The number of rotatable bonds is 5. The van der Waals surface area contributed by atoms with Gasteiger partial charge >= 0.3 is 0 Å². The molecule has 2 rings (SSSR count). The molecule has 3 nitrogen and oxygen atoms in total. The fourth-order valence-corrected chi connectivity index (χ4v) is 3.08. The molecule has 0 aliphatic heterocycles. The molecule has 1 amide bonds. The summed E-state index contributed by atoms with van der Waals surface area (Å²) >= 11 is 13.5. The lowest BCUT2D eigenvalue weighted by Gasteiger charge is -2.12. The predicted molar refractivity (Wildman–Crippen MR) is 98.4 cm³/mol. The highest BCUT2D eigenvalue weighted by molar-refractivity contribution is 7.97. The van der Waals surface area contributed by atoms with Crippen LogP contribution in [0.15, 0.2) is 41.3 Å². The summed E-state index contributed by atoms with van der Waals surface area (Å²) in [7, 11) is 3.93. The van der Waals surface area contributed by atoms with Crippen LogP contribution in [0.3, 0.4) is 0 Å². The second-order valence-corrected chi connectivity index (χ2v) is 7.51. The van der Waals surface area contributed by atoms with Gasteiger partial charge in [0.1, 0.15) is 0 Å². The van der Waals surface area contributed by atoms with Crippen molar-refractivity contribution in [3.05, 3.63) is 63.1 Å². The van der Waals surface area contributed by atoms with E-state index in [-0.39, 0.29) is 5.91 Å². The van der Waals surface area contributed by atoms with Crippen LogP contribution in [-0.2, 0) is 6.54 Å². The van der Waals surface area contributed by atoms with E-state index in [4.69, 9.17) is 23.2 Å². The first kappa shape index (κ1) is 18.1. The van der Waals surface area contributed by atoms with Crippen molar-refractivity contribution in [2.24, 2.45) is 0 Å². The molecule has 6 heteroatoms. The molecular formula is C17H18Cl2N2OS. The molecule has 2 aromatic carbocycles. The van der Waals surface area contributed by atoms with Crippen molar-refractivity contribution < 1.29 is 4.79 Å². The zero-order chi connectivity index (χ0) is 17.0. The Morgan fingerprint density at radius 3 is 2.52 bits per heavy atom. The smallest absolute Gasteiger partial charge is 0.251 e. The molecule has 0 bridgehead atoms. The van der Waals surface area contributed by atoms with Gasteiger partial charge in [-0.25, -0.2) is 0 Å². The molecule has 0 spiro atoms. The molecule has 0 fully saturated rings. The molecule has 1 N–H and O–H groups in total. The Morgan fingerprint density at radius 2 is 1.87 bits per heavy atom. The molecule has 122 valence electrons. The summed E-state index contributed by atoms with van der Waals surface area (Å²) in [6.45, 7) is 2.33. The van der Waals surface area contributed by atoms with Crippen LogP contribution < -0.4 is 5.32 Å². The number of nitrogens with one attached hydrogen (secondary N) is 1. The molecular weight excluding hydrogens is 351 g/mol. The summed E-state index contributed by atoms with van der Waals surface area (Å²) in [5.74, 6) is -0.102. The Labute approximate surface area is 151 Å². The molecule has 0 heterocycles. The first-order valence-corrected chi connectivity index (χ1v) is 8.58. The maximum absolute atomic E-state index is 12.4. The summed E-state index contributed by atoms with van der Waals surface area (Å²) in [4.78, 5) is 13.5. The molecule has 0 atom stereocenters. The number of hydrogen-bond acceptors (Lipinski definition) is 3. The summed E-state index contributed by atoms with van der Waals surface area (Å²) in [5, 5.41) is 3.91. The van der Waals surface area contributed by atoms with Crippen molar-refractivity contribution in [2.45, 2.75) is 18.4 Å². The normalized spacial score (nSPS) is 10.9. The molecule has 0 radical (unpaired) electrons. The second kappa shape index (κ2) is 8.06. The largest absolute Gasteiger partial charge is 0.348 e. The van der Waals surface area contributed by atoms with Crippen LogP contribution in [-0.4, -0.2) is 24.3 Å². The number of carbonyl (C=O) groups is 1. The van der Waals surface area contributed by atoms with Gasteiger partial charge in [0, 0.05) is 17.0 Å². The van der Waals surface area contributed by atoms with Gasteiger partial charge in [-0.2, -0.15) is 0 Å². The first-order chi connectivity index (χ1) is 10.9. The zero-order valence-electron chi connectivity index (χ0n) is 13.2. The Hall–Kier alpha value is -1.20. The highest BCUT2D eigenvalue weighted by atomic mass is 35.5. The second-order valence-electron chi connectivity index (χ2n) is 5.31. The van der Waals surface area contributed by atoms with E-state index in [1.165, 1.54) is 0 Å². The lowest BCUT2D eigenvalue weighted by molar-refractivity contribution is 0.0950. The molecule has 0 saturated carbocycles. The van der Waals surface area contributed by atoms with Gasteiger partial charge in [0.05, 0.1) is 10.0 Å². The van der Waals surface area contributed by atoms with E-state index in [0.717, 1.165) is 16.0 Å². The van der Waals surface area contributed by atoms with Gasteiger partial charge in [-0.3, -0.25) is 9.10 Å². The number of hydrogen-bond donors (Lipinski definition) is 1. The van der Waals surface area contributed by atoms with Crippen molar-refractivity contribution >= 4 is 41.1 Å². The van der Waals surface area contributed by atoms with Crippen LogP contribution in [0.5, 0.6) is 0 Å². The number of benzene rings is 2. The van der Waals surface area contributed by atoms with Gasteiger partial charge in [-0.15, -0.1) is 0 Å². The van der Waals surface area contributed by atoms with E-state index in [2.05, 4.69) is 5.32 Å². The topological polar surface area (TPSA) is 32.3 Å². The number of nitrogens with zero attached hydrogens (tertiary/aromatic N) is 1. The van der Waals surface area contributed by atoms with E-state index >= 15 is 0 Å². The van der Waals surface area contributed by atoms with E-state index in [1.54, 1.807) is 24.1 Å². The minimum atomic E-state index is -0.102. The average Bonchev–Trinajstić information content (AvgIpc) is 2.49. The van der Waals surface area contributed by atoms with Crippen LogP contribution in [0.4, 0.5) is 0 Å².